The summed E-state index contributed by atoms with van der Waals surface area (Å²) < 4.78 is 0.873. The molecule has 7 nitrogen and oxygen atoms in total. The lowest BCUT2D eigenvalue weighted by Crippen LogP contribution is -2.38. The van der Waals surface area contributed by atoms with Gasteiger partial charge in [-0.1, -0.05) is 11.3 Å². The number of carbonyl (C=O) groups excluding carboxylic acids is 1. The van der Waals surface area contributed by atoms with Gasteiger partial charge in [-0.3, -0.25) is 9.89 Å². The number of carbonyl (C=O) groups is 1. The molecule has 1 amide bonds. The number of hydrogen-bond acceptors (Lipinski definition) is 6. The van der Waals surface area contributed by atoms with Crippen molar-refractivity contribution in [2.75, 3.05) is 5.73 Å². The van der Waals surface area contributed by atoms with Crippen LogP contribution < -0.4 is 11.1 Å². The third kappa shape index (κ3) is 2.53. The van der Waals surface area contributed by atoms with E-state index in [2.05, 4.69) is 20.5 Å². The number of nitrogens with zero attached hydrogens (tertiary/aromatic N) is 2. The van der Waals surface area contributed by atoms with E-state index in [-0.39, 0.29) is 18.1 Å². The average molecular weight is 331 g/mol. The number of thiazole rings is 1. The number of nitrogen functional groups attached to an aromatic ring is 1. The van der Waals surface area contributed by atoms with E-state index in [4.69, 9.17) is 5.73 Å². The molecule has 3 aromatic rings. The van der Waals surface area contributed by atoms with Crippen molar-refractivity contribution in [3.8, 4) is 0 Å². The number of nitrogens with two attached hydrogens (primary N) is 1. The fraction of sp³-hybridized carbons (Fsp3) is 0.400. The summed E-state index contributed by atoms with van der Waals surface area (Å²) in [6.07, 6.45) is 2.79. The highest BCUT2D eigenvalue weighted by Gasteiger charge is 2.24. The summed E-state index contributed by atoms with van der Waals surface area (Å²) in [5, 5.41) is 20.9. The van der Waals surface area contributed by atoms with Gasteiger partial charge in [0.15, 0.2) is 10.8 Å². The molecule has 1 aromatic carbocycles. The van der Waals surface area contributed by atoms with Crippen LogP contribution in [0, 0.1) is 0 Å². The number of aliphatic hydroxyl groups excluding tert-OH is 1. The van der Waals surface area contributed by atoms with E-state index in [0.29, 0.717) is 10.8 Å². The van der Waals surface area contributed by atoms with E-state index < -0.39 is 0 Å². The maximum absolute atomic E-state index is 12.6. The summed E-state index contributed by atoms with van der Waals surface area (Å²) in [5.74, 6) is -0.197. The number of nitrogens with one attached hydrogen (secondary N) is 2. The molecule has 1 aliphatic carbocycles. The Hall–Kier alpha value is -2.19. The summed E-state index contributed by atoms with van der Waals surface area (Å²) in [6, 6.07) is 3.81. The number of aromatic nitrogens is 3. The summed E-state index contributed by atoms with van der Waals surface area (Å²) in [7, 11) is 0. The topological polar surface area (TPSA) is 117 Å². The molecule has 5 N–H and O–H groups in total. The van der Waals surface area contributed by atoms with Gasteiger partial charge >= 0.3 is 0 Å². The first kappa shape index (κ1) is 14.4. The highest BCUT2D eigenvalue weighted by atomic mass is 32.1. The molecule has 0 bridgehead atoms. The third-order valence-corrected chi connectivity index (χ3v) is 5.26. The van der Waals surface area contributed by atoms with Gasteiger partial charge in [0.2, 0.25) is 0 Å². The van der Waals surface area contributed by atoms with Gasteiger partial charge in [0.05, 0.1) is 27.2 Å². The molecular weight excluding hydrogens is 314 g/mol. The van der Waals surface area contributed by atoms with Crippen LogP contribution in [0.2, 0.25) is 0 Å². The van der Waals surface area contributed by atoms with Gasteiger partial charge < -0.3 is 16.2 Å². The zero-order chi connectivity index (χ0) is 16.0. The van der Waals surface area contributed by atoms with Crippen molar-refractivity contribution >= 4 is 43.5 Å². The van der Waals surface area contributed by atoms with Gasteiger partial charge in [-0.05, 0) is 37.8 Å². The molecule has 0 aliphatic heterocycles. The van der Waals surface area contributed by atoms with Gasteiger partial charge in [-0.25, -0.2) is 4.98 Å². The summed E-state index contributed by atoms with van der Waals surface area (Å²) in [4.78, 5) is 16.9. The molecule has 0 atom stereocenters. The second-order valence-corrected chi connectivity index (χ2v) is 6.97. The molecule has 0 radical (unpaired) electrons. The predicted molar refractivity (Wildman–Crippen MR) is 89.4 cm³/mol. The van der Waals surface area contributed by atoms with Crippen molar-refractivity contribution in [1.29, 1.82) is 0 Å². The summed E-state index contributed by atoms with van der Waals surface area (Å²) >= 11 is 1.36. The molecule has 0 unspecified atom stereocenters. The zero-order valence-corrected chi connectivity index (χ0v) is 13.2. The molecule has 0 spiro atoms. The van der Waals surface area contributed by atoms with Crippen LogP contribution in [0.25, 0.3) is 21.1 Å². The van der Waals surface area contributed by atoms with Gasteiger partial charge in [0.25, 0.3) is 5.91 Å². The van der Waals surface area contributed by atoms with Crippen LogP contribution in [0.4, 0.5) is 5.13 Å². The first-order valence-electron chi connectivity index (χ1n) is 7.64. The number of fused-ring (bicyclic) bond motifs is 3. The molecule has 1 saturated carbocycles. The number of aliphatic hydroxyl groups is 1. The van der Waals surface area contributed by atoms with E-state index in [9.17, 15) is 9.90 Å². The fourth-order valence-corrected chi connectivity index (χ4v) is 4.03. The molecule has 4 rings (SSSR count). The van der Waals surface area contributed by atoms with Crippen LogP contribution in [-0.2, 0) is 0 Å². The zero-order valence-electron chi connectivity index (χ0n) is 12.4. The van der Waals surface area contributed by atoms with E-state index in [1.807, 2.05) is 12.1 Å². The first-order valence-corrected chi connectivity index (χ1v) is 8.45. The maximum atomic E-state index is 12.6. The lowest BCUT2D eigenvalue weighted by Gasteiger charge is -2.25. The molecule has 2 aromatic heterocycles. The van der Waals surface area contributed by atoms with Gasteiger partial charge in [-0.2, -0.15) is 5.10 Å². The average Bonchev–Trinajstić information content (AvgIpc) is 3.11. The monoisotopic (exact) mass is 331 g/mol. The van der Waals surface area contributed by atoms with Crippen LogP contribution in [0.15, 0.2) is 12.1 Å². The number of aromatic amines is 1. The normalized spacial score (nSPS) is 21.8. The Balaban J connectivity index is 1.68. The van der Waals surface area contributed by atoms with Crippen molar-refractivity contribution < 1.29 is 9.90 Å². The maximum Gasteiger partial charge on any atom is 0.272 e. The van der Waals surface area contributed by atoms with E-state index in [1.54, 1.807) is 0 Å². The summed E-state index contributed by atoms with van der Waals surface area (Å²) in [5.41, 5.74) is 7.74. The van der Waals surface area contributed by atoms with Crippen LogP contribution in [0.5, 0.6) is 0 Å². The first-order chi connectivity index (χ1) is 11.1. The molecular formula is C15H17N5O2S. The number of amides is 1. The highest BCUT2D eigenvalue weighted by Crippen LogP contribution is 2.32. The van der Waals surface area contributed by atoms with Crippen LogP contribution >= 0.6 is 11.3 Å². The van der Waals surface area contributed by atoms with E-state index >= 15 is 0 Å². The standard InChI is InChI=1S/C15H17N5O2S/c16-15-18-10-6-5-9-11(13(10)23-15)12(20-19-9)14(22)17-7-1-3-8(21)4-2-7/h5-8,21H,1-4H2,(H2,16,18)(H,17,22)(H,19,20). The number of rotatable bonds is 2. The lowest BCUT2D eigenvalue weighted by molar-refractivity contribution is 0.0864. The highest BCUT2D eigenvalue weighted by molar-refractivity contribution is 7.23. The summed E-state index contributed by atoms with van der Waals surface area (Å²) in [6.45, 7) is 0. The third-order valence-electron chi connectivity index (χ3n) is 4.35. The Bertz CT molecular complexity index is 879. The minimum atomic E-state index is -0.242. The number of H-pyrrole nitrogens is 1. The van der Waals surface area contributed by atoms with Crippen molar-refractivity contribution in [2.24, 2.45) is 0 Å². The second kappa shape index (κ2) is 5.47. The van der Waals surface area contributed by atoms with Crippen LogP contribution in [-0.4, -0.2) is 38.3 Å². The molecule has 1 fully saturated rings. The quantitative estimate of drug-likeness (QED) is 0.571. The lowest BCUT2D eigenvalue weighted by atomic mass is 9.93. The molecule has 1 aliphatic rings. The Kier molecular flexibility index (Phi) is 3.42. The van der Waals surface area contributed by atoms with Crippen molar-refractivity contribution in [2.45, 2.75) is 37.8 Å². The van der Waals surface area contributed by atoms with Gasteiger partial charge in [0.1, 0.15) is 0 Å². The van der Waals surface area contributed by atoms with Gasteiger partial charge in [-0.15, -0.1) is 0 Å². The van der Waals surface area contributed by atoms with E-state index in [1.165, 1.54) is 11.3 Å². The minimum absolute atomic E-state index is 0.0865. The van der Waals surface area contributed by atoms with Crippen molar-refractivity contribution in [1.82, 2.24) is 20.5 Å². The SMILES string of the molecule is Nc1nc2ccc3[nH]nc(C(=O)NC4CCC(O)CC4)c3c2s1. The molecule has 120 valence electrons. The van der Waals surface area contributed by atoms with Crippen LogP contribution in [0.3, 0.4) is 0 Å². The van der Waals surface area contributed by atoms with Crippen molar-refractivity contribution in [3.63, 3.8) is 0 Å². The second-order valence-electron chi connectivity index (χ2n) is 5.94. The Morgan fingerprint density at radius 1 is 1.35 bits per heavy atom. The van der Waals surface area contributed by atoms with Crippen molar-refractivity contribution in [3.05, 3.63) is 17.8 Å². The van der Waals surface area contributed by atoms with Crippen LogP contribution in [0.1, 0.15) is 36.2 Å². The Morgan fingerprint density at radius 2 is 2.13 bits per heavy atom. The van der Waals surface area contributed by atoms with Gasteiger partial charge in [0, 0.05) is 6.04 Å². The molecule has 2 heterocycles. The molecule has 0 saturated heterocycles. The predicted octanol–water partition coefficient (Wildman–Crippen LogP) is 1.79. The number of anilines is 1. The molecule has 23 heavy (non-hydrogen) atoms. The fourth-order valence-electron chi connectivity index (χ4n) is 3.15. The largest absolute Gasteiger partial charge is 0.393 e. The Labute approximate surface area is 135 Å². The Morgan fingerprint density at radius 3 is 2.91 bits per heavy atom. The smallest absolute Gasteiger partial charge is 0.272 e. The van der Waals surface area contributed by atoms with E-state index in [0.717, 1.165) is 46.8 Å². The molecule has 8 heteroatoms. The number of hydrogen-bond donors (Lipinski definition) is 4. The minimum Gasteiger partial charge on any atom is -0.393 e. The number of benzene rings is 1.